The van der Waals surface area contributed by atoms with Crippen molar-refractivity contribution in [2.45, 2.75) is 11.5 Å². The van der Waals surface area contributed by atoms with Crippen LogP contribution in [-0.2, 0) is 11.5 Å². The van der Waals surface area contributed by atoms with Gasteiger partial charge in [-0.1, -0.05) is 12.1 Å². The predicted octanol–water partition coefficient (Wildman–Crippen LogP) is 4.25. The van der Waals surface area contributed by atoms with E-state index in [0.717, 1.165) is 22.3 Å². The third-order valence-corrected chi connectivity index (χ3v) is 4.52. The Bertz CT molecular complexity index is 655. The van der Waals surface area contributed by atoms with Gasteiger partial charge in [-0.3, -0.25) is 0 Å². The van der Waals surface area contributed by atoms with Crippen molar-refractivity contribution in [1.82, 2.24) is 0 Å². The summed E-state index contributed by atoms with van der Waals surface area (Å²) >= 11 is 8.80. The molecule has 24 heavy (non-hydrogen) atoms. The van der Waals surface area contributed by atoms with Gasteiger partial charge < -0.3 is 18.9 Å². The molecule has 0 saturated carbocycles. The summed E-state index contributed by atoms with van der Waals surface area (Å²) in [6, 6.07) is 7.68. The van der Waals surface area contributed by atoms with Crippen LogP contribution in [0.1, 0.15) is 11.1 Å². The Labute approximate surface area is 153 Å². The fourth-order valence-electron chi connectivity index (χ4n) is 2.74. The summed E-state index contributed by atoms with van der Waals surface area (Å²) in [6.07, 6.45) is 0. The van der Waals surface area contributed by atoms with Crippen LogP contribution in [0.15, 0.2) is 24.3 Å². The molecular formula is C18H22O4S2. The van der Waals surface area contributed by atoms with Crippen molar-refractivity contribution in [3.05, 3.63) is 35.4 Å². The molecule has 0 aliphatic heterocycles. The number of hydrogen-bond donors (Lipinski definition) is 2. The third kappa shape index (κ3) is 3.26. The van der Waals surface area contributed by atoms with E-state index in [2.05, 4.69) is 25.3 Å². The SMILES string of the molecule is COc1ccc(CS)c(OC)c1-c1c(OC)ccc(CS)c1OC. The van der Waals surface area contributed by atoms with Crippen molar-refractivity contribution < 1.29 is 18.9 Å². The van der Waals surface area contributed by atoms with Crippen LogP contribution in [0.2, 0.25) is 0 Å². The summed E-state index contributed by atoms with van der Waals surface area (Å²) in [7, 11) is 6.51. The predicted molar refractivity (Wildman–Crippen MR) is 103 cm³/mol. The van der Waals surface area contributed by atoms with Gasteiger partial charge in [-0.25, -0.2) is 0 Å². The van der Waals surface area contributed by atoms with Gasteiger partial charge in [0, 0.05) is 22.6 Å². The van der Waals surface area contributed by atoms with E-state index in [1.807, 2.05) is 24.3 Å². The zero-order valence-electron chi connectivity index (χ0n) is 14.3. The lowest BCUT2D eigenvalue weighted by molar-refractivity contribution is 0.384. The van der Waals surface area contributed by atoms with Gasteiger partial charge in [-0.05, 0) is 12.1 Å². The molecule has 0 atom stereocenters. The molecule has 0 bridgehead atoms. The Morgan fingerprint density at radius 3 is 1.25 bits per heavy atom. The Hall–Kier alpha value is -1.66. The van der Waals surface area contributed by atoms with Crippen molar-refractivity contribution >= 4 is 25.3 Å². The molecule has 0 unspecified atom stereocenters. The fourth-order valence-corrected chi connectivity index (χ4v) is 3.24. The van der Waals surface area contributed by atoms with E-state index in [9.17, 15) is 0 Å². The minimum absolute atomic E-state index is 0.539. The minimum atomic E-state index is 0.539. The molecule has 0 radical (unpaired) electrons. The lowest BCUT2D eigenvalue weighted by Crippen LogP contribution is -2.02. The monoisotopic (exact) mass is 366 g/mol. The van der Waals surface area contributed by atoms with Crippen LogP contribution in [0, 0.1) is 0 Å². The number of rotatable bonds is 7. The van der Waals surface area contributed by atoms with Gasteiger partial charge >= 0.3 is 0 Å². The van der Waals surface area contributed by atoms with E-state index in [0.29, 0.717) is 34.5 Å². The molecule has 2 aromatic rings. The molecule has 0 aromatic heterocycles. The van der Waals surface area contributed by atoms with Gasteiger partial charge in [0.05, 0.1) is 39.6 Å². The highest BCUT2D eigenvalue weighted by Crippen LogP contribution is 2.50. The van der Waals surface area contributed by atoms with Crippen molar-refractivity contribution in [3.8, 4) is 34.1 Å². The average molecular weight is 367 g/mol. The van der Waals surface area contributed by atoms with E-state index in [1.165, 1.54) is 0 Å². The van der Waals surface area contributed by atoms with Gasteiger partial charge in [0.15, 0.2) is 0 Å². The lowest BCUT2D eigenvalue weighted by Gasteiger charge is -2.21. The molecule has 0 aliphatic rings. The molecule has 0 amide bonds. The van der Waals surface area contributed by atoms with Crippen LogP contribution in [-0.4, -0.2) is 28.4 Å². The summed E-state index contributed by atoms with van der Waals surface area (Å²) in [6.45, 7) is 0. The maximum absolute atomic E-state index is 5.68. The van der Waals surface area contributed by atoms with E-state index in [-0.39, 0.29) is 0 Å². The van der Waals surface area contributed by atoms with Gasteiger partial charge in [0.25, 0.3) is 0 Å². The highest BCUT2D eigenvalue weighted by atomic mass is 32.1. The summed E-state index contributed by atoms with van der Waals surface area (Å²) in [5.41, 5.74) is 3.47. The van der Waals surface area contributed by atoms with Crippen LogP contribution >= 0.6 is 25.3 Å². The molecule has 130 valence electrons. The maximum Gasteiger partial charge on any atom is 0.134 e. The molecule has 2 aromatic carbocycles. The van der Waals surface area contributed by atoms with Gasteiger partial charge in [-0.2, -0.15) is 25.3 Å². The second-order valence-electron chi connectivity index (χ2n) is 4.99. The standard InChI is InChI=1S/C18H22O4S2/c1-19-13-7-5-11(9-23)17(21-3)15(13)16-14(20-2)8-6-12(10-24)18(16)22-4/h5-8,23-24H,9-10H2,1-4H3. The Balaban J connectivity index is 2.94. The lowest BCUT2D eigenvalue weighted by atomic mass is 9.96. The van der Waals surface area contributed by atoms with Gasteiger partial charge in [0.1, 0.15) is 23.0 Å². The zero-order valence-corrected chi connectivity index (χ0v) is 16.0. The highest BCUT2D eigenvalue weighted by Gasteiger charge is 2.24. The molecule has 4 nitrogen and oxygen atoms in total. The second kappa shape index (κ2) is 8.44. The first-order valence-corrected chi connectivity index (χ1v) is 8.63. The molecule has 0 fully saturated rings. The Morgan fingerprint density at radius 1 is 0.625 bits per heavy atom. The van der Waals surface area contributed by atoms with Gasteiger partial charge in [0.2, 0.25) is 0 Å². The average Bonchev–Trinajstić information content (AvgIpc) is 2.64. The normalized spacial score (nSPS) is 10.4. The number of methoxy groups -OCH3 is 4. The van der Waals surface area contributed by atoms with Crippen LogP contribution < -0.4 is 18.9 Å². The van der Waals surface area contributed by atoms with Crippen molar-refractivity contribution in [2.75, 3.05) is 28.4 Å². The summed E-state index contributed by atoms with van der Waals surface area (Å²) in [5.74, 6) is 3.80. The first kappa shape index (κ1) is 18.7. The first-order valence-electron chi connectivity index (χ1n) is 7.36. The largest absolute Gasteiger partial charge is 0.496 e. The summed E-state index contributed by atoms with van der Waals surface area (Å²) < 4.78 is 22.5. The van der Waals surface area contributed by atoms with E-state index in [4.69, 9.17) is 18.9 Å². The van der Waals surface area contributed by atoms with Crippen LogP contribution in [0.3, 0.4) is 0 Å². The highest BCUT2D eigenvalue weighted by molar-refractivity contribution is 7.79. The molecule has 0 spiro atoms. The number of thiol groups is 2. The van der Waals surface area contributed by atoms with Crippen molar-refractivity contribution in [2.24, 2.45) is 0 Å². The topological polar surface area (TPSA) is 36.9 Å². The molecule has 2 rings (SSSR count). The molecule has 0 aliphatic carbocycles. The van der Waals surface area contributed by atoms with Crippen LogP contribution in [0.5, 0.6) is 23.0 Å². The van der Waals surface area contributed by atoms with E-state index >= 15 is 0 Å². The number of hydrogen-bond acceptors (Lipinski definition) is 6. The van der Waals surface area contributed by atoms with E-state index in [1.54, 1.807) is 28.4 Å². The fraction of sp³-hybridized carbons (Fsp3) is 0.333. The number of benzene rings is 2. The maximum atomic E-state index is 5.68. The molecule has 0 N–H and O–H groups in total. The summed E-state index contributed by atoms with van der Waals surface area (Å²) in [5, 5.41) is 0. The van der Waals surface area contributed by atoms with Crippen LogP contribution in [0.25, 0.3) is 11.1 Å². The summed E-state index contributed by atoms with van der Waals surface area (Å²) in [4.78, 5) is 0. The first-order chi connectivity index (χ1) is 11.7. The minimum Gasteiger partial charge on any atom is -0.496 e. The molecular weight excluding hydrogens is 344 g/mol. The van der Waals surface area contributed by atoms with Crippen molar-refractivity contribution in [1.29, 1.82) is 0 Å². The molecule has 6 heteroatoms. The quantitative estimate of drug-likeness (QED) is 0.719. The van der Waals surface area contributed by atoms with Crippen LogP contribution in [0.4, 0.5) is 0 Å². The second-order valence-corrected chi connectivity index (χ2v) is 5.62. The van der Waals surface area contributed by atoms with Crippen molar-refractivity contribution in [3.63, 3.8) is 0 Å². The molecule has 0 heterocycles. The Morgan fingerprint density at radius 2 is 1.00 bits per heavy atom. The zero-order chi connectivity index (χ0) is 17.7. The third-order valence-electron chi connectivity index (χ3n) is 3.84. The van der Waals surface area contributed by atoms with E-state index < -0.39 is 0 Å². The smallest absolute Gasteiger partial charge is 0.134 e. The Kier molecular flexibility index (Phi) is 6.57. The molecule has 0 saturated heterocycles. The number of ether oxygens (including phenoxy) is 4. The van der Waals surface area contributed by atoms with Gasteiger partial charge in [-0.15, -0.1) is 0 Å².